The summed E-state index contributed by atoms with van der Waals surface area (Å²) in [5.41, 5.74) is 3.66. The molecule has 8 heteroatoms. The Morgan fingerprint density at radius 1 is 1.19 bits per heavy atom. The van der Waals surface area contributed by atoms with Crippen molar-refractivity contribution >= 4 is 34.2 Å². The molecule has 7 nitrogen and oxygen atoms in total. The third kappa shape index (κ3) is 3.43. The number of halogens is 1. The van der Waals surface area contributed by atoms with Crippen molar-refractivity contribution in [3.8, 4) is 11.3 Å². The van der Waals surface area contributed by atoms with E-state index in [2.05, 4.69) is 5.32 Å². The van der Waals surface area contributed by atoms with E-state index in [1.54, 1.807) is 23.7 Å². The Bertz CT molecular complexity index is 1370. The molecule has 0 saturated heterocycles. The smallest absolute Gasteiger partial charge is 0.244 e. The standard InChI is InChI=1S/C24H22FN5O2/c1-15-7-8-16(11-19(15)25)26-22(31)14-29-23-12-20(27-30(23)10-9-24(29)32)18-13-28(2)21-6-4-3-5-17(18)21/h3-8,11-13H,9-10,14H2,1-2H3,(H,26,31). The van der Waals surface area contributed by atoms with Crippen LogP contribution in [0.5, 0.6) is 0 Å². The first-order valence-electron chi connectivity index (χ1n) is 10.4. The average Bonchev–Trinajstić information content (AvgIpc) is 3.34. The van der Waals surface area contributed by atoms with Crippen molar-refractivity contribution in [3.63, 3.8) is 0 Å². The van der Waals surface area contributed by atoms with Gasteiger partial charge in [-0.1, -0.05) is 24.3 Å². The SMILES string of the molecule is Cc1ccc(NC(=O)CN2C(=O)CCn3nc(-c4cn(C)c5ccccc45)cc32)cc1F. The third-order valence-electron chi connectivity index (χ3n) is 5.80. The van der Waals surface area contributed by atoms with Crippen molar-refractivity contribution in [1.29, 1.82) is 0 Å². The van der Waals surface area contributed by atoms with Gasteiger partial charge in [-0.15, -0.1) is 0 Å². The first-order chi connectivity index (χ1) is 15.4. The summed E-state index contributed by atoms with van der Waals surface area (Å²) in [6.07, 6.45) is 2.28. The second-order valence-corrected chi connectivity index (χ2v) is 8.02. The highest BCUT2D eigenvalue weighted by molar-refractivity contribution is 6.03. The Hall–Kier alpha value is -3.94. The zero-order chi connectivity index (χ0) is 22.4. The maximum absolute atomic E-state index is 13.8. The maximum atomic E-state index is 13.8. The highest BCUT2D eigenvalue weighted by Crippen LogP contribution is 2.33. The monoisotopic (exact) mass is 431 g/mol. The predicted octanol–water partition coefficient (Wildman–Crippen LogP) is 3.86. The van der Waals surface area contributed by atoms with Gasteiger partial charge in [0.1, 0.15) is 18.2 Å². The number of nitrogens with zero attached hydrogens (tertiary/aromatic N) is 4. The topological polar surface area (TPSA) is 72.2 Å². The molecule has 1 aliphatic rings. The molecule has 0 bridgehead atoms. The summed E-state index contributed by atoms with van der Waals surface area (Å²) in [5.74, 6) is -0.362. The second-order valence-electron chi connectivity index (χ2n) is 8.02. The van der Waals surface area contributed by atoms with Gasteiger partial charge in [-0.2, -0.15) is 5.10 Å². The number of hydrogen-bond donors (Lipinski definition) is 1. The number of aryl methyl sites for hydroxylation is 3. The van der Waals surface area contributed by atoms with Crippen molar-refractivity contribution < 1.29 is 14.0 Å². The van der Waals surface area contributed by atoms with E-state index in [1.807, 2.05) is 48.1 Å². The van der Waals surface area contributed by atoms with E-state index in [-0.39, 0.29) is 18.9 Å². The molecule has 0 radical (unpaired) electrons. The van der Waals surface area contributed by atoms with Gasteiger partial charge in [0.15, 0.2) is 0 Å². The minimum atomic E-state index is -0.400. The minimum absolute atomic E-state index is 0.146. The van der Waals surface area contributed by atoms with E-state index in [0.717, 1.165) is 22.2 Å². The third-order valence-corrected chi connectivity index (χ3v) is 5.80. The summed E-state index contributed by atoms with van der Waals surface area (Å²) < 4.78 is 17.6. The number of nitrogens with one attached hydrogen (secondary N) is 1. The summed E-state index contributed by atoms with van der Waals surface area (Å²) in [5, 5.41) is 8.45. The molecule has 2 aromatic heterocycles. The summed E-state index contributed by atoms with van der Waals surface area (Å²) in [6.45, 7) is 1.94. The molecular formula is C24H22FN5O2. The van der Waals surface area contributed by atoms with Crippen LogP contribution in [0, 0.1) is 12.7 Å². The first-order valence-corrected chi connectivity index (χ1v) is 10.4. The second kappa shape index (κ2) is 7.64. The van der Waals surface area contributed by atoms with Gasteiger partial charge in [0, 0.05) is 47.9 Å². The van der Waals surface area contributed by atoms with Crippen LogP contribution in [-0.4, -0.2) is 32.7 Å². The van der Waals surface area contributed by atoms with Crippen LogP contribution in [0.2, 0.25) is 0 Å². The van der Waals surface area contributed by atoms with E-state index in [9.17, 15) is 14.0 Å². The number of carbonyl (C=O) groups excluding carboxylic acids is 2. The van der Waals surface area contributed by atoms with Gasteiger partial charge in [0.25, 0.3) is 0 Å². The van der Waals surface area contributed by atoms with Crippen LogP contribution in [0.4, 0.5) is 15.9 Å². The molecular weight excluding hydrogens is 409 g/mol. The zero-order valence-corrected chi connectivity index (χ0v) is 17.8. The lowest BCUT2D eigenvalue weighted by atomic mass is 10.1. The van der Waals surface area contributed by atoms with Crippen molar-refractivity contribution in [2.24, 2.45) is 7.05 Å². The molecule has 0 unspecified atom stereocenters. The van der Waals surface area contributed by atoms with Gasteiger partial charge >= 0.3 is 0 Å². The van der Waals surface area contributed by atoms with E-state index in [0.29, 0.717) is 23.6 Å². The number of aromatic nitrogens is 3. The highest BCUT2D eigenvalue weighted by atomic mass is 19.1. The van der Waals surface area contributed by atoms with Gasteiger partial charge in [-0.3, -0.25) is 14.5 Å². The fourth-order valence-electron chi connectivity index (χ4n) is 4.11. The molecule has 2 amide bonds. The van der Waals surface area contributed by atoms with E-state index in [1.165, 1.54) is 11.0 Å². The molecule has 0 saturated carbocycles. The number of benzene rings is 2. The molecule has 5 rings (SSSR count). The van der Waals surface area contributed by atoms with Crippen LogP contribution >= 0.6 is 0 Å². The van der Waals surface area contributed by atoms with Crippen LogP contribution in [0.1, 0.15) is 12.0 Å². The Balaban J connectivity index is 1.43. The fraction of sp³-hybridized carbons (Fsp3) is 0.208. The molecule has 4 aromatic rings. The lowest BCUT2D eigenvalue weighted by molar-refractivity contribution is -0.122. The van der Waals surface area contributed by atoms with Crippen molar-refractivity contribution in [3.05, 3.63) is 66.1 Å². The number of fused-ring (bicyclic) bond motifs is 2. The van der Waals surface area contributed by atoms with Crippen LogP contribution in [0.25, 0.3) is 22.2 Å². The Kier molecular flexibility index (Phi) is 4.77. The summed E-state index contributed by atoms with van der Waals surface area (Å²) in [4.78, 5) is 26.7. The van der Waals surface area contributed by atoms with E-state index in [4.69, 9.17) is 5.10 Å². The molecule has 1 aliphatic heterocycles. The summed E-state index contributed by atoms with van der Waals surface area (Å²) in [6, 6.07) is 14.4. The van der Waals surface area contributed by atoms with Crippen LogP contribution in [-0.2, 0) is 23.2 Å². The Morgan fingerprint density at radius 3 is 2.81 bits per heavy atom. The largest absolute Gasteiger partial charge is 0.350 e. The lowest BCUT2D eigenvalue weighted by Gasteiger charge is -2.26. The van der Waals surface area contributed by atoms with E-state index < -0.39 is 11.7 Å². The molecule has 162 valence electrons. The zero-order valence-electron chi connectivity index (χ0n) is 17.8. The molecule has 2 aromatic carbocycles. The average molecular weight is 431 g/mol. The molecule has 0 aliphatic carbocycles. The van der Waals surface area contributed by atoms with Gasteiger partial charge < -0.3 is 9.88 Å². The van der Waals surface area contributed by atoms with Crippen LogP contribution in [0.3, 0.4) is 0 Å². The molecule has 0 atom stereocenters. The Morgan fingerprint density at radius 2 is 2.00 bits per heavy atom. The molecule has 0 fully saturated rings. The highest BCUT2D eigenvalue weighted by Gasteiger charge is 2.28. The summed E-state index contributed by atoms with van der Waals surface area (Å²) >= 11 is 0. The van der Waals surface area contributed by atoms with Crippen LogP contribution in [0.15, 0.2) is 54.7 Å². The quantitative estimate of drug-likeness (QED) is 0.533. The molecule has 0 spiro atoms. The minimum Gasteiger partial charge on any atom is -0.350 e. The number of carbonyl (C=O) groups is 2. The number of amides is 2. The predicted molar refractivity (Wildman–Crippen MR) is 121 cm³/mol. The van der Waals surface area contributed by atoms with Gasteiger partial charge in [0.2, 0.25) is 11.8 Å². The molecule has 1 N–H and O–H groups in total. The van der Waals surface area contributed by atoms with Gasteiger partial charge in [-0.05, 0) is 30.7 Å². The maximum Gasteiger partial charge on any atom is 0.244 e. The van der Waals surface area contributed by atoms with Crippen molar-refractivity contribution in [1.82, 2.24) is 14.3 Å². The van der Waals surface area contributed by atoms with Gasteiger partial charge in [0.05, 0.1) is 12.2 Å². The number of rotatable bonds is 4. The lowest BCUT2D eigenvalue weighted by Crippen LogP contribution is -2.42. The van der Waals surface area contributed by atoms with Gasteiger partial charge in [-0.25, -0.2) is 9.07 Å². The molecule has 32 heavy (non-hydrogen) atoms. The summed E-state index contributed by atoms with van der Waals surface area (Å²) in [7, 11) is 1.98. The normalized spacial score (nSPS) is 13.5. The van der Waals surface area contributed by atoms with Crippen LogP contribution < -0.4 is 10.2 Å². The number of hydrogen-bond acceptors (Lipinski definition) is 3. The number of anilines is 2. The number of para-hydroxylation sites is 1. The van der Waals surface area contributed by atoms with E-state index >= 15 is 0 Å². The fourth-order valence-corrected chi connectivity index (χ4v) is 4.11. The molecule has 3 heterocycles. The Labute approximate surface area is 184 Å². The first kappa shape index (κ1) is 20.0. The van der Waals surface area contributed by atoms with Crippen molar-refractivity contribution in [2.75, 3.05) is 16.8 Å². The van der Waals surface area contributed by atoms with Crippen molar-refractivity contribution in [2.45, 2.75) is 19.9 Å².